The minimum Gasteiger partial charge on any atom is -0.481 e. The molecule has 20 heteroatoms. The van der Waals surface area contributed by atoms with E-state index < -0.39 is 116 Å². The van der Waals surface area contributed by atoms with Gasteiger partial charge in [0.2, 0.25) is 35.4 Å². The van der Waals surface area contributed by atoms with Crippen LogP contribution >= 0.6 is 0 Å². The van der Waals surface area contributed by atoms with Gasteiger partial charge in [-0.1, -0.05) is 13.8 Å². The van der Waals surface area contributed by atoms with Crippen molar-refractivity contribution in [3.8, 4) is 0 Å². The van der Waals surface area contributed by atoms with E-state index in [9.17, 15) is 48.6 Å². The molecule has 0 aliphatic heterocycles. The molecule has 0 aliphatic carbocycles. The Morgan fingerprint density at radius 3 is 1.69 bits per heavy atom. The summed E-state index contributed by atoms with van der Waals surface area (Å²) in [6.07, 6.45) is -2.22. The first-order valence-electron chi connectivity index (χ1n) is 13.7. The third kappa shape index (κ3) is 15.2. The fourth-order valence-electron chi connectivity index (χ4n) is 3.50. The summed E-state index contributed by atoms with van der Waals surface area (Å²) in [5.74, 6) is -8.90. The van der Waals surface area contributed by atoms with Gasteiger partial charge in [0.1, 0.15) is 30.2 Å². The quantitative estimate of drug-likeness (QED) is 0.0584. The van der Waals surface area contributed by atoms with E-state index in [0.29, 0.717) is 0 Å². The molecule has 0 unspecified atom stereocenters. The Morgan fingerprint density at radius 2 is 1.22 bits per heavy atom. The summed E-state index contributed by atoms with van der Waals surface area (Å²) in [4.78, 5) is 96.6. The maximum Gasteiger partial charge on any atom is 0.328 e. The molecular weight excluding hydrogens is 606 g/mol. The van der Waals surface area contributed by atoms with Crippen molar-refractivity contribution < 1.29 is 63.9 Å². The predicted octanol–water partition coefficient (Wildman–Crippen LogP) is -6.16. The van der Waals surface area contributed by atoms with E-state index in [4.69, 9.17) is 21.1 Å². The SMILES string of the molecule is CC(C)C[C@H](NC(=O)CNC(=O)[C@H](CO)NC(=O)[C@@H](NC(=O)[C@@H](N)CC(=O)O)[C@@H](C)O)C(=O)N[C@@H](C)C(=O)N[C@@H](CO)C(=O)O. The molecule has 0 spiro atoms. The van der Waals surface area contributed by atoms with Crippen molar-refractivity contribution >= 4 is 47.4 Å². The monoisotopic (exact) mass is 649 g/mol. The van der Waals surface area contributed by atoms with Crippen LogP contribution in [-0.2, 0) is 38.4 Å². The van der Waals surface area contributed by atoms with Gasteiger partial charge in [-0.05, 0) is 26.2 Å². The van der Waals surface area contributed by atoms with Crippen molar-refractivity contribution in [2.45, 2.75) is 82.9 Å². The van der Waals surface area contributed by atoms with Crippen LogP contribution in [0.5, 0.6) is 0 Å². The second kappa shape index (κ2) is 19.8. The number of hydrogen-bond acceptors (Lipinski definition) is 12. The largest absolute Gasteiger partial charge is 0.481 e. The van der Waals surface area contributed by atoms with Crippen molar-refractivity contribution in [3.63, 3.8) is 0 Å². The van der Waals surface area contributed by atoms with Crippen LogP contribution in [0, 0.1) is 5.92 Å². The Labute approximate surface area is 257 Å². The molecule has 0 aliphatic rings. The molecule has 0 aromatic rings. The maximum absolute atomic E-state index is 12.8. The Kier molecular flexibility index (Phi) is 17.9. The van der Waals surface area contributed by atoms with Gasteiger partial charge >= 0.3 is 11.9 Å². The van der Waals surface area contributed by atoms with Gasteiger partial charge in [-0.25, -0.2) is 4.79 Å². The van der Waals surface area contributed by atoms with Crippen molar-refractivity contribution in [3.05, 3.63) is 0 Å². The minimum atomic E-state index is -1.69. The topological polar surface area (TPSA) is 336 Å². The van der Waals surface area contributed by atoms with E-state index in [2.05, 4.69) is 26.6 Å². The summed E-state index contributed by atoms with van der Waals surface area (Å²) >= 11 is 0. The molecule has 0 rings (SSSR count). The molecule has 256 valence electrons. The third-order valence-corrected chi connectivity index (χ3v) is 5.94. The number of aliphatic hydroxyl groups excluding tert-OH is 3. The van der Waals surface area contributed by atoms with Crippen LogP contribution in [0.4, 0.5) is 0 Å². The maximum atomic E-state index is 12.8. The van der Waals surface area contributed by atoms with Gasteiger partial charge in [-0.2, -0.15) is 0 Å². The first-order chi connectivity index (χ1) is 20.8. The number of nitrogens with two attached hydrogens (primary N) is 1. The fraction of sp³-hybridized carbons (Fsp3) is 0.680. The van der Waals surface area contributed by atoms with Gasteiger partial charge in [0.15, 0.2) is 0 Å². The highest BCUT2D eigenvalue weighted by Crippen LogP contribution is 2.06. The highest BCUT2D eigenvalue weighted by atomic mass is 16.4. The molecule has 0 fully saturated rings. The standard InChI is InChI=1S/C25H43N7O13/c1-10(2)5-14(23(42)28-11(3)20(39)31-16(9-34)25(44)45)29-17(36)7-27-22(41)15(8-33)30-24(43)19(12(4)35)32-21(40)13(26)6-18(37)38/h10-16,19,33-35H,5-9,26H2,1-4H3,(H,27,41)(H,28,42)(H,29,36)(H,30,43)(H,31,39)(H,32,40)(H,37,38)(H,44,45)/t11-,12+,13-,14-,15-,16-,19-/m0/s1. The van der Waals surface area contributed by atoms with Crippen LogP contribution in [0.1, 0.15) is 40.5 Å². The molecule has 0 heterocycles. The first-order valence-corrected chi connectivity index (χ1v) is 13.7. The van der Waals surface area contributed by atoms with Gasteiger partial charge in [0.25, 0.3) is 0 Å². The van der Waals surface area contributed by atoms with E-state index in [1.165, 1.54) is 6.92 Å². The Hall–Kier alpha value is -4.40. The smallest absolute Gasteiger partial charge is 0.328 e. The highest BCUT2D eigenvalue weighted by molar-refractivity contribution is 5.96. The van der Waals surface area contributed by atoms with Gasteiger partial charge in [0.05, 0.1) is 38.3 Å². The zero-order valence-corrected chi connectivity index (χ0v) is 25.2. The van der Waals surface area contributed by atoms with E-state index in [1.807, 2.05) is 5.32 Å². The molecule has 0 aromatic carbocycles. The number of carbonyl (C=O) groups excluding carboxylic acids is 6. The molecule has 13 N–H and O–H groups in total. The van der Waals surface area contributed by atoms with Crippen molar-refractivity contribution in [1.82, 2.24) is 31.9 Å². The molecular formula is C25H43N7O13. The number of aliphatic carboxylic acids is 2. The Morgan fingerprint density at radius 1 is 0.667 bits per heavy atom. The molecule has 20 nitrogen and oxygen atoms in total. The van der Waals surface area contributed by atoms with E-state index in [-0.39, 0.29) is 12.3 Å². The van der Waals surface area contributed by atoms with E-state index in [0.717, 1.165) is 6.92 Å². The number of rotatable bonds is 20. The van der Waals surface area contributed by atoms with Crippen molar-refractivity contribution in [2.75, 3.05) is 19.8 Å². The summed E-state index contributed by atoms with van der Waals surface area (Å²) in [5, 5.41) is 59.3. The lowest BCUT2D eigenvalue weighted by molar-refractivity contribution is -0.143. The summed E-state index contributed by atoms with van der Waals surface area (Å²) in [6.45, 7) is 3.24. The number of hydrogen-bond donors (Lipinski definition) is 12. The van der Waals surface area contributed by atoms with Crippen molar-refractivity contribution in [1.29, 1.82) is 0 Å². The van der Waals surface area contributed by atoms with Gasteiger partial charge < -0.3 is 63.2 Å². The molecule has 7 atom stereocenters. The lowest BCUT2D eigenvalue weighted by Crippen LogP contribution is -2.60. The first kappa shape index (κ1) is 40.6. The molecule has 45 heavy (non-hydrogen) atoms. The summed E-state index contributed by atoms with van der Waals surface area (Å²) in [5.41, 5.74) is 5.44. The van der Waals surface area contributed by atoms with Crippen molar-refractivity contribution in [2.24, 2.45) is 11.7 Å². The number of carbonyl (C=O) groups is 8. The second-order valence-electron chi connectivity index (χ2n) is 10.5. The average molecular weight is 650 g/mol. The summed E-state index contributed by atoms with van der Waals surface area (Å²) in [7, 11) is 0. The number of aliphatic hydroxyl groups is 3. The fourth-order valence-corrected chi connectivity index (χ4v) is 3.50. The van der Waals surface area contributed by atoms with Crippen LogP contribution in [0.2, 0.25) is 0 Å². The van der Waals surface area contributed by atoms with Crippen LogP contribution in [-0.4, -0.2) is 135 Å². The van der Waals surface area contributed by atoms with Crippen LogP contribution < -0.4 is 37.6 Å². The zero-order valence-electron chi connectivity index (χ0n) is 25.2. The number of amides is 6. The molecule has 0 bridgehead atoms. The summed E-state index contributed by atoms with van der Waals surface area (Å²) < 4.78 is 0. The Bertz CT molecular complexity index is 1090. The van der Waals surface area contributed by atoms with Crippen LogP contribution in [0.15, 0.2) is 0 Å². The lowest BCUT2D eigenvalue weighted by Gasteiger charge is -2.25. The van der Waals surface area contributed by atoms with Crippen LogP contribution in [0.25, 0.3) is 0 Å². The summed E-state index contributed by atoms with van der Waals surface area (Å²) in [6, 6.07) is -8.97. The minimum absolute atomic E-state index is 0.0894. The second-order valence-corrected chi connectivity index (χ2v) is 10.5. The molecule has 0 aromatic heterocycles. The molecule has 0 radical (unpaired) electrons. The van der Waals surface area contributed by atoms with E-state index in [1.54, 1.807) is 13.8 Å². The molecule has 0 saturated heterocycles. The van der Waals surface area contributed by atoms with Gasteiger partial charge in [-0.3, -0.25) is 33.6 Å². The number of nitrogens with one attached hydrogen (secondary N) is 6. The van der Waals surface area contributed by atoms with Gasteiger partial charge in [-0.15, -0.1) is 0 Å². The number of carboxylic acids is 2. The molecule has 6 amide bonds. The normalized spacial score (nSPS) is 15.6. The third-order valence-electron chi connectivity index (χ3n) is 5.94. The van der Waals surface area contributed by atoms with Gasteiger partial charge in [0, 0.05) is 0 Å². The molecule has 0 saturated carbocycles. The average Bonchev–Trinajstić information content (AvgIpc) is 2.94. The van der Waals surface area contributed by atoms with Crippen LogP contribution in [0.3, 0.4) is 0 Å². The predicted molar refractivity (Wildman–Crippen MR) is 152 cm³/mol. The van der Waals surface area contributed by atoms with E-state index >= 15 is 0 Å². The highest BCUT2D eigenvalue weighted by Gasteiger charge is 2.32. The zero-order chi connectivity index (χ0) is 35.0. The Balaban J connectivity index is 5.26. The lowest BCUT2D eigenvalue weighted by atomic mass is 10.0. The number of carboxylic acid groups (broad SMARTS) is 2.